The summed E-state index contributed by atoms with van der Waals surface area (Å²) >= 11 is 0. The van der Waals surface area contributed by atoms with Crippen molar-refractivity contribution in [2.24, 2.45) is 11.8 Å². The van der Waals surface area contributed by atoms with Crippen LogP contribution in [0.3, 0.4) is 0 Å². The molecule has 3 heterocycles. The maximum absolute atomic E-state index is 14.6. The minimum absolute atomic E-state index is 0.0142. The Morgan fingerprint density at radius 1 is 1.11 bits per heavy atom. The van der Waals surface area contributed by atoms with Gasteiger partial charge in [-0.05, 0) is 54.5 Å². The number of rotatable bonds is 2. The number of hydrogen-bond acceptors (Lipinski definition) is 4. The highest BCUT2D eigenvalue weighted by molar-refractivity contribution is 6.05. The zero-order chi connectivity index (χ0) is 20.2. The van der Waals surface area contributed by atoms with Gasteiger partial charge in [-0.15, -0.1) is 0 Å². The number of nitrogens with one attached hydrogen (secondary N) is 2. The van der Waals surface area contributed by atoms with E-state index < -0.39 is 29.5 Å². The van der Waals surface area contributed by atoms with Crippen LogP contribution >= 0.6 is 0 Å². The molecule has 0 aliphatic carbocycles. The van der Waals surface area contributed by atoms with Crippen LogP contribution in [0.25, 0.3) is 0 Å². The SMILES string of the molecule is CC1CNCC(C)C1c1cc(F)c(F)c2c1CN(C1CCC(=O)NC1=O)C2=O. The summed E-state index contributed by atoms with van der Waals surface area (Å²) in [5.41, 5.74) is 0.857. The van der Waals surface area contributed by atoms with Gasteiger partial charge < -0.3 is 10.2 Å². The smallest absolute Gasteiger partial charge is 0.258 e. The first-order chi connectivity index (χ1) is 13.3. The number of amides is 3. The molecule has 3 aliphatic heterocycles. The second-order valence-corrected chi connectivity index (χ2v) is 8.15. The molecule has 0 bridgehead atoms. The van der Waals surface area contributed by atoms with Gasteiger partial charge in [0.2, 0.25) is 11.8 Å². The predicted octanol–water partition coefficient (Wildman–Crippen LogP) is 1.68. The molecule has 3 amide bonds. The van der Waals surface area contributed by atoms with Crippen LogP contribution in [0.4, 0.5) is 8.78 Å². The predicted molar refractivity (Wildman–Crippen MR) is 96.3 cm³/mol. The molecule has 2 N–H and O–H groups in total. The highest BCUT2D eigenvalue weighted by Gasteiger charge is 2.44. The van der Waals surface area contributed by atoms with Crippen molar-refractivity contribution < 1.29 is 23.2 Å². The molecule has 2 saturated heterocycles. The van der Waals surface area contributed by atoms with Gasteiger partial charge in [0.25, 0.3) is 5.91 Å². The van der Waals surface area contributed by atoms with Crippen molar-refractivity contribution in [2.75, 3.05) is 13.1 Å². The van der Waals surface area contributed by atoms with E-state index in [1.165, 1.54) is 11.0 Å². The molecule has 1 aromatic carbocycles. The Labute approximate surface area is 161 Å². The van der Waals surface area contributed by atoms with Crippen molar-refractivity contribution in [1.29, 1.82) is 0 Å². The lowest BCUT2D eigenvalue weighted by Crippen LogP contribution is -2.52. The lowest BCUT2D eigenvalue weighted by Gasteiger charge is -2.36. The Hall–Kier alpha value is -2.35. The third-order valence-electron chi connectivity index (χ3n) is 6.27. The van der Waals surface area contributed by atoms with Crippen molar-refractivity contribution in [3.63, 3.8) is 0 Å². The number of imide groups is 1. The van der Waals surface area contributed by atoms with Crippen LogP contribution in [0.15, 0.2) is 6.07 Å². The first-order valence-corrected chi connectivity index (χ1v) is 9.65. The van der Waals surface area contributed by atoms with E-state index in [4.69, 9.17) is 0 Å². The highest BCUT2D eigenvalue weighted by Crippen LogP contribution is 2.41. The quantitative estimate of drug-likeness (QED) is 0.752. The van der Waals surface area contributed by atoms with Crippen molar-refractivity contribution in [1.82, 2.24) is 15.5 Å². The van der Waals surface area contributed by atoms with Crippen LogP contribution in [-0.4, -0.2) is 41.8 Å². The summed E-state index contributed by atoms with van der Waals surface area (Å²) in [5, 5.41) is 5.55. The zero-order valence-corrected chi connectivity index (χ0v) is 15.9. The number of carbonyl (C=O) groups excluding carboxylic acids is 3. The van der Waals surface area contributed by atoms with Gasteiger partial charge in [0.05, 0.1) is 5.56 Å². The van der Waals surface area contributed by atoms with E-state index in [0.29, 0.717) is 11.1 Å². The van der Waals surface area contributed by atoms with Crippen molar-refractivity contribution >= 4 is 17.7 Å². The highest BCUT2D eigenvalue weighted by atomic mass is 19.2. The molecule has 0 spiro atoms. The summed E-state index contributed by atoms with van der Waals surface area (Å²) in [4.78, 5) is 37.9. The molecular weight excluding hydrogens is 368 g/mol. The lowest BCUT2D eigenvalue weighted by molar-refractivity contribution is -0.136. The van der Waals surface area contributed by atoms with E-state index in [9.17, 15) is 23.2 Å². The first kappa shape index (κ1) is 19.0. The summed E-state index contributed by atoms with van der Waals surface area (Å²) in [6.07, 6.45) is 0.298. The maximum atomic E-state index is 14.6. The number of fused-ring (bicyclic) bond motifs is 1. The minimum Gasteiger partial charge on any atom is -0.322 e. The molecule has 0 radical (unpaired) electrons. The van der Waals surface area contributed by atoms with Gasteiger partial charge in [-0.2, -0.15) is 0 Å². The van der Waals surface area contributed by atoms with Crippen LogP contribution in [0.2, 0.25) is 0 Å². The van der Waals surface area contributed by atoms with Gasteiger partial charge in [0, 0.05) is 13.0 Å². The van der Waals surface area contributed by atoms with Crippen LogP contribution < -0.4 is 10.6 Å². The molecule has 1 aromatic rings. The number of piperidine rings is 2. The molecule has 0 saturated carbocycles. The first-order valence-electron chi connectivity index (χ1n) is 9.65. The Bertz CT molecular complexity index is 863. The fraction of sp³-hybridized carbons (Fsp3) is 0.550. The Morgan fingerprint density at radius 3 is 2.43 bits per heavy atom. The normalized spacial score (nSPS) is 30.4. The fourth-order valence-electron chi connectivity index (χ4n) is 4.96. The molecule has 6 nitrogen and oxygen atoms in total. The van der Waals surface area contributed by atoms with Gasteiger partial charge in [-0.3, -0.25) is 19.7 Å². The molecule has 8 heteroatoms. The van der Waals surface area contributed by atoms with Crippen molar-refractivity contribution in [3.05, 3.63) is 34.4 Å². The van der Waals surface area contributed by atoms with Gasteiger partial charge in [-0.25, -0.2) is 8.78 Å². The molecule has 2 fully saturated rings. The largest absolute Gasteiger partial charge is 0.322 e. The molecular formula is C20H23F2N3O3. The fourth-order valence-corrected chi connectivity index (χ4v) is 4.96. The second kappa shape index (κ2) is 6.92. The Morgan fingerprint density at radius 2 is 1.79 bits per heavy atom. The average Bonchev–Trinajstić information content (AvgIpc) is 2.96. The molecule has 3 aliphatic rings. The van der Waals surface area contributed by atoms with Gasteiger partial charge >= 0.3 is 0 Å². The number of halogens is 2. The Kier molecular flexibility index (Phi) is 4.69. The van der Waals surface area contributed by atoms with Crippen LogP contribution in [-0.2, 0) is 16.1 Å². The second-order valence-electron chi connectivity index (χ2n) is 8.15. The summed E-state index contributed by atoms with van der Waals surface area (Å²) in [6, 6.07) is 0.370. The molecule has 3 atom stereocenters. The summed E-state index contributed by atoms with van der Waals surface area (Å²) in [6.45, 7) is 5.67. The van der Waals surface area contributed by atoms with E-state index in [1.807, 2.05) is 0 Å². The number of hydrogen-bond donors (Lipinski definition) is 2. The molecule has 4 rings (SSSR count). The monoisotopic (exact) mass is 391 g/mol. The third kappa shape index (κ3) is 2.90. The maximum Gasteiger partial charge on any atom is 0.258 e. The van der Waals surface area contributed by atoms with Crippen molar-refractivity contribution in [2.45, 2.75) is 45.2 Å². The van der Waals surface area contributed by atoms with E-state index in [2.05, 4.69) is 24.5 Å². The standard InChI is InChI=1S/C20H23F2N3O3/c1-9-6-23-7-10(2)16(9)11-5-13(21)18(22)17-12(11)8-25(20(17)28)14-3-4-15(26)24-19(14)27/h5,9-10,14,16,23H,3-4,6-8H2,1-2H3,(H,24,26,27). The van der Waals surface area contributed by atoms with Gasteiger partial charge in [0.1, 0.15) is 6.04 Å². The molecule has 28 heavy (non-hydrogen) atoms. The summed E-state index contributed by atoms with van der Waals surface area (Å²) in [7, 11) is 0. The van der Waals surface area contributed by atoms with E-state index in [1.54, 1.807) is 0 Å². The summed E-state index contributed by atoms with van der Waals surface area (Å²) in [5.74, 6) is -3.46. The third-order valence-corrected chi connectivity index (χ3v) is 6.27. The number of carbonyl (C=O) groups is 3. The van der Waals surface area contributed by atoms with Crippen LogP contribution in [0.1, 0.15) is 54.1 Å². The van der Waals surface area contributed by atoms with Gasteiger partial charge in [0.15, 0.2) is 11.6 Å². The topological polar surface area (TPSA) is 78.5 Å². The number of benzene rings is 1. The van der Waals surface area contributed by atoms with E-state index >= 15 is 0 Å². The lowest BCUT2D eigenvalue weighted by atomic mass is 9.74. The molecule has 0 aromatic heterocycles. The van der Waals surface area contributed by atoms with E-state index in [-0.39, 0.29) is 48.6 Å². The Balaban J connectivity index is 1.76. The number of nitrogens with zero attached hydrogens (tertiary/aromatic N) is 1. The molecule has 150 valence electrons. The molecule has 3 unspecified atom stereocenters. The van der Waals surface area contributed by atoms with Crippen molar-refractivity contribution in [3.8, 4) is 0 Å². The minimum atomic E-state index is -1.16. The van der Waals surface area contributed by atoms with Gasteiger partial charge in [-0.1, -0.05) is 13.8 Å². The average molecular weight is 391 g/mol. The zero-order valence-electron chi connectivity index (χ0n) is 15.9. The van der Waals surface area contributed by atoms with Crippen LogP contribution in [0.5, 0.6) is 0 Å². The van der Waals surface area contributed by atoms with E-state index in [0.717, 1.165) is 13.1 Å². The summed E-state index contributed by atoms with van der Waals surface area (Å²) < 4.78 is 29.0. The van der Waals surface area contributed by atoms with Crippen LogP contribution in [0, 0.1) is 23.5 Å².